The normalized spacial score (nSPS) is 10.3. The van der Waals surface area contributed by atoms with Crippen LogP contribution in [0.4, 0.5) is 5.95 Å². The summed E-state index contributed by atoms with van der Waals surface area (Å²) in [7, 11) is 1.80. The lowest BCUT2D eigenvalue weighted by atomic mass is 10.6. The highest BCUT2D eigenvalue weighted by Crippen LogP contribution is 2.26. The Morgan fingerprint density at radius 1 is 1.47 bits per heavy atom. The first-order chi connectivity index (χ1) is 7.15. The van der Waals surface area contributed by atoms with E-state index in [1.165, 1.54) is 6.20 Å². The van der Waals surface area contributed by atoms with E-state index in [2.05, 4.69) is 31.0 Å². The van der Waals surface area contributed by atoms with Crippen LogP contribution < -0.4 is 10.5 Å². The van der Waals surface area contributed by atoms with Crippen LogP contribution in [-0.2, 0) is 7.05 Å². The predicted molar refractivity (Wildman–Crippen MR) is 57.4 cm³/mol. The summed E-state index contributed by atoms with van der Waals surface area (Å²) in [6.45, 7) is 0. The zero-order valence-corrected chi connectivity index (χ0v) is 9.47. The molecule has 0 saturated heterocycles. The Morgan fingerprint density at radius 3 is 2.93 bits per heavy atom. The van der Waals surface area contributed by atoms with Crippen molar-refractivity contribution in [1.29, 1.82) is 0 Å². The van der Waals surface area contributed by atoms with Gasteiger partial charge in [-0.05, 0) is 15.9 Å². The van der Waals surface area contributed by atoms with Gasteiger partial charge in [-0.1, -0.05) is 0 Å². The Hall–Kier alpha value is -1.63. The van der Waals surface area contributed by atoms with Crippen LogP contribution in [0.1, 0.15) is 0 Å². The lowest BCUT2D eigenvalue weighted by molar-refractivity contribution is 0.458. The van der Waals surface area contributed by atoms with E-state index in [1.54, 1.807) is 24.1 Å². The van der Waals surface area contributed by atoms with Gasteiger partial charge >= 0.3 is 0 Å². The minimum absolute atomic E-state index is 0.164. The monoisotopic (exact) mass is 269 g/mol. The second-order valence-electron chi connectivity index (χ2n) is 2.83. The molecule has 0 fully saturated rings. The van der Waals surface area contributed by atoms with Gasteiger partial charge in [0.2, 0.25) is 11.8 Å². The van der Waals surface area contributed by atoms with Gasteiger partial charge in [0.25, 0.3) is 0 Å². The number of ether oxygens (including phenoxy) is 1. The van der Waals surface area contributed by atoms with E-state index >= 15 is 0 Å². The molecule has 0 aromatic carbocycles. The summed E-state index contributed by atoms with van der Waals surface area (Å²) in [4.78, 5) is 7.74. The van der Waals surface area contributed by atoms with Crippen LogP contribution in [0.25, 0.3) is 0 Å². The van der Waals surface area contributed by atoms with Gasteiger partial charge in [0.1, 0.15) is 0 Å². The molecule has 0 amide bonds. The van der Waals surface area contributed by atoms with Crippen LogP contribution in [0.3, 0.4) is 0 Å². The number of rotatable bonds is 2. The molecule has 0 aliphatic rings. The number of nitrogens with zero attached hydrogens (tertiary/aromatic N) is 4. The molecular formula is C8H8BrN5O. The third-order valence-corrected chi connectivity index (χ3v) is 2.17. The number of halogens is 1. The molecule has 2 aromatic heterocycles. The molecule has 0 spiro atoms. The Balaban J connectivity index is 2.27. The fourth-order valence-corrected chi connectivity index (χ4v) is 1.27. The minimum Gasteiger partial charge on any atom is -0.434 e. The van der Waals surface area contributed by atoms with Crippen LogP contribution >= 0.6 is 15.9 Å². The summed E-state index contributed by atoms with van der Waals surface area (Å²) in [5, 5.41) is 3.97. The Labute approximate surface area is 94.2 Å². The molecule has 6 nitrogen and oxygen atoms in total. The minimum atomic E-state index is 0.164. The van der Waals surface area contributed by atoms with Gasteiger partial charge in [0.05, 0.1) is 23.1 Å². The zero-order valence-electron chi connectivity index (χ0n) is 7.88. The SMILES string of the molecule is Cn1cc(Oc2nc(N)ncc2Br)cn1. The summed E-state index contributed by atoms with van der Waals surface area (Å²) in [5.74, 6) is 1.13. The molecular weight excluding hydrogens is 262 g/mol. The molecule has 7 heteroatoms. The lowest BCUT2D eigenvalue weighted by Gasteiger charge is -2.03. The maximum atomic E-state index is 5.45. The first-order valence-corrected chi connectivity index (χ1v) is 4.89. The van der Waals surface area contributed by atoms with Gasteiger partial charge < -0.3 is 10.5 Å². The molecule has 2 heterocycles. The molecule has 0 radical (unpaired) electrons. The van der Waals surface area contributed by atoms with Crippen LogP contribution in [0.5, 0.6) is 11.6 Å². The average molecular weight is 270 g/mol. The highest BCUT2D eigenvalue weighted by molar-refractivity contribution is 9.10. The zero-order chi connectivity index (χ0) is 10.8. The Morgan fingerprint density at radius 2 is 2.27 bits per heavy atom. The van der Waals surface area contributed by atoms with Crippen molar-refractivity contribution < 1.29 is 4.74 Å². The first-order valence-electron chi connectivity index (χ1n) is 4.09. The fourth-order valence-electron chi connectivity index (χ4n) is 0.999. The van der Waals surface area contributed by atoms with E-state index in [-0.39, 0.29) is 5.95 Å². The van der Waals surface area contributed by atoms with Crippen molar-refractivity contribution in [3.05, 3.63) is 23.1 Å². The van der Waals surface area contributed by atoms with E-state index in [1.807, 2.05) is 0 Å². The summed E-state index contributed by atoms with van der Waals surface area (Å²) in [5.41, 5.74) is 5.44. The number of anilines is 1. The maximum absolute atomic E-state index is 5.45. The number of hydrogen-bond acceptors (Lipinski definition) is 5. The molecule has 0 unspecified atom stereocenters. The van der Waals surface area contributed by atoms with Crippen molar-refractivity contribution in [3.8, 4) is 11.6 Å². The van der Waals surface area contributed by atoms with Crippen molar-refractivity contribution in [3.63, 3.8) is 0 Å². The number of aromatic nitrogens is 4. The third-order valence-electron chi connectivity index (χ3n) is 1.63. The van der Waals surface area contributed by atoms with Crippen LogP contribution in [0.2, 0.25) is 0 Å². The standard InChI is InChI=1S/C8H8BrN5O/c1-14-4-5(2-12-14)15-7-6(9)3-11-8(10)13-7/h2-4H,1H3,(H2,10,11,13). The van der Waals surface area contributed by atoms with Crippen molar-refractivity contribution in [2.75, 3.05) is 5.73 Å². The van der Waals surface area contributed by atoms with E-state index in [0.717, 1.165) is 0 Å². The van der Waals surface area contributed by atoms with Crippen LogP contribution in [0.15, 0.2) is 23.1 Å². The smallest absolute Gasteiger partial charge is 0.238 e. The van der Waals surface area contributed by atoms with Gasteiger partial charge in [-0.15, -0.1) is 0 Å². The largest absolute Gasteiger partial charge is 0.434 e. The summed E-state index contributed by atoms with van der Waals surface area (Å²) < 4.78 is 7.72. The summed E-state index contributed by atoms with van der Waals surface area (Å²) in [6.07, 6.45) is 4.85. The average Bonchev–Trinajstić information content (AvgIpc) is 2.58. The molecule has 0 aliphatic carbocycles. The Bertz CT molecular complexity index is 484. The van der Waals surface area contributed by atoms with E-state index < -0.39 is 0 Å². The molecule has 0 atom stereocenters. The molecule has 2 rings (SSSR count). The summed E-state index contributed by atoms with van der Waals surface area (Å²) >= 11 is 3.26. The molecule has 2 aromatic rings. The highest BCUT2D eigenvalue weighted by Gasteiger charge is 2.06. The van der Waals surface area contributed by atoms with Gasteiger partial charge in [-0.3, -0.25) is 4.68 Å². The third kappa shape index (κ3) is 2.24. The number of nitrogen functional groups attached to an aromatic ring is 1. The van der Waals surface area contributed by atoms with Crippen molar-refractivity contribution >= 4 is 21.9 Å². The lowest BCUT2D eigenvalue weighted by Crippen LogP contribution is -1.97. The molecule has 15 heavy (non-hydrogen) atoms. The second-order valence-corrected chi connectivity index (χ2v) is 3.69. The van der Waals surface area contributed by atoms with E-state index in [9.17, 15) is 0 Å². The molecule has 78 valence electrons. The number of aryl methyl sites for hydroxylation is 1. The highest BCUT2D eigenvalue weighted by atomic mass is 79.9. The first kappa shape index (κ1) is 9.91. The molecule has 0 bridgehead atoms. The molecule has 0 saturated carbocycles. The van der Waals surface area contributed by atoms with Crippen molar-refractivity contribution in [1.82, 2.24) is 19.7 Å². The summed E-state index contributed by atoms with van der Waals surface area (Å²) in [6, 6.07) is 0. The number of nitrogens with two attached hydrogens (primary N) is 1. The van der Waals surface area contributed by atoms with Gasteiger partial charge in [-0.2, -0.15) is 10.1 Å². The Kier molecular flexibility index (Phi) is 2.55. The molecule has 0 aliphatic heterocycles. The van der Waals surface area contributed by atoms with Gasteiger partial charge in [-0.25, -0.2) is 4.98 Å². The number of hydrogen-bond donors (Lipinski definition) is 1. The second kappa shape index (κ2) is 3.85. The maximum Gasteiger partial charge on any atom is 0.238 e. The van der Waals surface area contributed by atoms with Gasteiger partial charge in [0.15, 0.2) is 5.75 Å². The van der Waals surface area contributed by atoms with Gasteiger partial charge in [0, 0.05) is 7.05 Å². The van der Waals surface area contributed by atoms with Crippen LogP contribution in [0, 0.1) is 0 Å². The van der Waals surface area contributed by atoms with E-state index in [0.29, 0.717) is 16.1 Å². The topological polar surface area (TPSA) is 78.9 Å². The fraction of sp³-hybridized carbons (Fsp3) is 0.125. The van der Waals surface area contributed by atoms with Crippen molar-refractivity contribution in [2.24, 2.45) is 7.05 Å². The van der Waals surface area contributed by atoms with E-state index in [4.69, 9.17) is 10.5 Å². The predicted octanol–water partition coefficient (Wildman–Crippen LogP) is 1.35. The van der Waals surface area contributed by atoms with Crippen molar-refractivity contribution in [2.45, 2.75) is 0 Å². The molecule has 2 N–H and O–H groups in total. The quantitative estimate of drug-likeness (QED) is 0.890. The van der Waals surface area contributed by atoms with Crippen LogP contribution in [-0.4, -0.2) is 19.7 Å².